The van der Waals surface area contributed by atoms with Crippen molar-refractivity contribution in [2.75, 3.05) is 0 Å². The lowest BCUT2D eigenvalue weighted by Crippen LogP contribution is -1.95. The van der Waals surface area contributed by atoms with E-state index in [2.05, 4.69) is 10.1 Å². The molecule has 19 heavy (non-hydrogen) atoms. The van der Waals surface area contributed by atoms with Gasteiger partial charge in [-0.3, -0.25) is 9.25 Å². The minimum atomic E-state index is -0.252. The van der Waals surface area contributed by atoms with Gasteiger partial charge in [0, 0.05) is 19.3 Å². The van der Waals surface area contributed by atoms with Crippen LogP contribution in [-0.2, 0) is 7.05 Å². The van der Waals surface area contributed by atoms with Crippen molar-refractivity contribution in [1.82, 2.24) is 19.3 Å². The minimum Gasteiger partial charge on any atom is -0.330 e. The molecule has 1 N–H and O–H groups in total. The molecule has 0 unspecified atom stereocenters. The molecule has 0 amide bonds. The van der Waals surface area contributed by atoms with Crippen molar-refractivity contribution >= 4 is 45.8 Å². The Morgan fingerprint density at radius 1 is 1.42 bits per heavy atom. The molecule has 0 aliphatic rings. The Morgan fingerprint density at radius 2 is 2.16 bits per heavy atom. The van der Waals surface area contributed by atoms with Gasteiger partial charge in [-0.25, -0.2) is 4.39 Å². The third kappa shape index (κ3) is 2.00. The number of halogens is 2. The summed E-state index contributed by atoms with van der Waals surface area (Å²) >= 11 is 7.30. The van der Waals surface area contributed by atoms with Crippen LogP contribution >= 0.6 is 34.8 Å². The second-order valence-electron chi connectivity index (χ2n) is 4.32. The van der Waals surface area contributed by atoms with Gasteiger partial charge in [0.2, 0.25) is 0 Å². The molecule has 0 spiro atoms. The van der Waals surface area contributed by atoms with Gasteiger partial charge in [-0.1, -0.05) is 0 Å². The molecular formula is C12H10FIN4S. The Balaban J connectivity index is 2.41. The molecule has 3 aromatic rings. The number of rotatable bonds is 1. The number of benzene rings is 1. The molecule has 0 fully saturated rings. The van der Waals surface area contributed by atoms with Crippen molar-refractivity contribution in [2.24, 2.45) is 7.05 Å². The van der Waals surface area contributed by atoms with Gasteiger partial charge in [0.05, 0.1) is 26.0 Å². The SMILES string of the molecule is Cc1nn(C)cc1-n1c(=S)[nH]c2cc(I)c(F)cc21. The van der Waals surface area contributed by atoms with E-state index in [0.717, 1.165) is 22.4 Å². The third-order valence-corrected chi connectivity index (χ3v) is 4.06. The number of nitrogens with one attached hydrogen (secondary N) is 1. The first kappa shape index (κ1) is 12.8. The van der Waals surface area contributed by atoms with Crippen molar-refractivity contribution in [3.05, 3.63) is 38.2 Å². The van der Waals surface area contributed by atoms with E-state index in [-0.39, 0.29) is 5.82 Å². The second-order valence-corrected chi connectivity index (χ2v) is 5.87. The van der Waals surface area contributed by atoms with Crippen LogP contribution in [-0.4, -0.2) is 19.3 Å². The summed E-state index contributed by atoms with van der Waals surface area (Å²) in [5, 5.41) is 4.30. The van der Waals surface area contributed by atoms with E-state index in [1.165, 1.54) is 6.07 Å². The lowest BCUT2D eigenvalue weighted by Gasteiger charge is -2.02. The van der Waals surface area contributed by atoms with Gasteiger partial charge in [-0.05, 0) is 47.8 Å². The van der Waals surface area contributed by atoms with E-state index in [4.69, 9.17) is 12.2 Å². The van der Waals surface area contributed by atoms with Crippen LogP contribution in [0.15, 0.2) is 18.3 Å². The number of hydrogen-bond acceptors (Lipinski definition) is 2. The number of nitrogens with zero attached hydrogens (tertiary/aromatic N) is 3. The summed E-state index contributed by atoms with van der Waals surface area (Å²) in [5.41, 5.74) is 3.25. The summed E-state index contributed by atoms with van der Waals surface area (Å²) in [4.78, 5) is 3.10. The number of H-pyrrole nitrogens is 1. The van der Waals surface area contributed by atoms with Gasteiger partial charge in [0.1, 0.15) is 5.82 Å². The van der Waals surface area contributed by atoms with Crippen LogP contribution in [0.4, 0.5) is 4.39 Å². The first-order chi connectivity index (χ1) is 8.97. The van der Waals surface area contributed by atoms with Crippen LogP contribution in [0.3, 0.4) is 0 Å². The number of fused-ring (bicyclic) bond motifs is 1. The van der Waals surface area contributed by atoms with Crippen molar-refractivity contribution < 1.29 is 4.39 Å². The zero-order valence-electron chi connectivity index (χ0n) is 10.2. The van der Waals surface area contributed by atoms with Gasteiger partial charge in [0.25, 0.3) is 0 Å². The molecule has 4 nitrogen and oxygen atoms in total. The van der Waals surface area contributed by atoms with E-state index < -0.39 is 0 Å². The largest absolute Gasteiger partial charge is 0.330 e. The standard InChI is InChI=1S/C12H10FIN4S/c1-6-11(5-17(2)16-6)18-10-3-7(13)8(14)4-9(10)15-12(18)19/h3-5H,1-2H3,(H,15,19). The molecule has 3 rings (SSSR count). The molecule has 2 heterocycles. The Bertz CT molecular complexity index is 845. The van der Waals surface area contributed by atoms with Crippen LogP contribution in [0.1, 0.15) is 5.69 Å². The molecule has 0 saturated carbocycles. The summed E-state index contributed by atoms with van der Waals surface area (Å²) in [7, 11) is 1.85. The Morgan fingerprint density at radius 3 is 2.79 bits per heavy atom. The molecule has 0 bridgehead atoms. The fourth-order valence-electron chi connectivity index (χ4n) is 2.15. The number of aromatic amines is 1. The summed E-state index contributed by atoms with van der Waals surface area (Å²) in [5.74, 6) is -0.252. The highest BCUT2D eigenvalue weighted by Gasteiger charge is 2.13. The zero-order valence-corrected chi connectivity index (χ0v) is 13.2. The summed E-state index contributed by atoms with van der Waals surface area (Å²) in [6.07, 6.45) is 1.87. The molecule has 98 valence electrons. The smallest absolute Gasteiger partial charge is 0.182 e. The lowest BCUT2D eigenvalue weighted by atomic mass is 10.3. The monoisotopic (exact) mass is 388 g/mol. The predicted octanol–water partition coefficient (Wildman–Crippen LogP) is 3.47. The normalized spacial score (nSPS) is 11.4. The average Bonchev–Trinajstić information content (AvgIpc) is 2.79. The number of aromatic nitrogens is 4. The minimum absolute atomic E-state index is 0.252. The van der Waals surface area contributed by atoms with E-state index in [1.807, 2.05) is 47.3 Å². The Kier molecular flexibility index (Phi) is 2.97. The molecule has 0 aliphatic heterocycles. The Hall–Kier alpha value is -1.22. The maximum Gasteiger partial charge on any atom is 0.182 e. The fourth-order valence-corrected chi connectivity index (χ4v) is 2.92. The van der Waals surface area contributed by atoms with Gasteiger partial charge in [0.15, 0.2) is 4.77 Å². The van der Waals surface area contributed by atoms with E-state index in [9.17, 15) is 4.39 Å². The second kappa shape index (κ2) is 4.41. The summed E-state index contributed by atoms with van der Waals surface area (Å²) in [6.45, 7) is 1.90. The molecule has 0 radical (unpaired) electrons. The van der Waals surface area contributed by atoms with Gasteiger partial charge in [-0.15, -0.1) is 0 Å². The van der Waals surface area contributed by atoms with Crippen LogP contribution in [0.2, 0.25) is 0 Å². The maximum absolute atomic E-state index is 13.8. The molecule has 1 aromatic carbocycles. The molecule has 0 aliphatic carbocycles. The van der Waals surface area contributed by atoms with Crippen molar-refractivity contribution in [3.63, 3.8) is 0 Å². The third-order valence-electron chi connectivity index (χ3n) is 2.95. The number of imidazole rings is 1. The van der Waals surface area contributed by atoms with Gasteiger partial charge >= 0.3 is 0 Å². The van der Waals surface area contributed by atoms with Gasteiger partial charge in [-0.2, -0.15) is 5.10 Å². The van der Waals surface area contributed by atoms with E-state index in [0.29, 0.717) is 8.34 Å². The average molecular weight is 388 g/mol. The zero-order chi connectivity index (χ0) is 13.7. The topological polar surface area (TPSA) is 38.5 Å². The van der Waals surface area contributed by atoms with Gasteiger partial charge < -0.3 is 4.98 Å². The summed E-state index contributed by atoms with van der Waals surface area (Å²) in [6, 6.07) is 3.25. The summed E-state index contributed by atoms with van der Waals surface area (Å²) < 4.78 is 18.4. The van der Waals surface area contributed by atoms with Crippen molar-refractivity contribution in [1.29, 1.82) is 0 Å². The number of aryl methyl sites for hydroxylation is 2. The van der Waals surface area contributed by atoms with Crippen LogP contribution < -0.4 is 0 Å². The van der Waals surface area contributed by atoms with E-state index >= 15 is 0 Å². The molecule has 7 heteroatoms. The molecular weight excluding hydrogens is 378 g/mol. The highest BCUT2D eigenvalue weighted by molar-refractivity contribution is 14.1. The maximum atomic E-state index is 13.8. The fraction of sp³-hybridized carbons (Fsp3) is 0.167. The van der Waals surface area contributed by atoms with Crippen molar-refractivity contribution in [3.8, 4) is 5.69 Å². The van der Waals surface area contributed by atoms with Crippen molar-refractivity contribution in [2.45, 2.75) is 6.92 Å². The number of hydrogen-bond donors (Lipinski definition) is 1. The van der Waals surface area contributed by atoms with Crippen LogP contribution in [0.5, 0.6) is 0 Å². The Labute approximate surface area is 127 Å². The highest BCUT2D eigenvalue weighted by atomic mass is 127. The van der Waals surface area contributed by atoms with Crippen LogP contribution in [0.25, 0.3) is 16.7 Å². The van der Waals surface area contributed by atoms with Crippen LogP contribution in [0, 0.1) is 21.1 Å². The first-order valence-corrected chi connectivity index (χ1v) is 7.06. The predicted molar refractivity (Wildman–Crippen MR) is 82.6 cm³/mol. The molecule has 2 aromatic heterocycles. The van der Waals surface area contributed by atoms with E-state index in [1.54, 1.807) is 10.7 Å². The first-order valence-electron chi connectivity index (χ1n) is 5.58. The molecule has 0 atom stereocenters. The molecule has 0 saturated heterocycles. The lowest BCUT2D eigenvalue weighted by molar-refractivity contribution is 0.622. The quantitative estimate of drug-likeness (QED) is 0.512. The highest BCUT2D eigenvalue weighted by Crippen LogP contribution is 2.24.